The molecule has 0 aliphatic carbocycles. The molecule has 2 rings (SSSR count). The van der Waals surface area contributed by atoms with Crippen molar-refractivity contribution in [1.29, 1.82) is 0 Å². The van der Waals surface area contributed by atoms with Crippen LogP contribution in [-0.4, -0.2) is 11.1 Å². The number of nitrogen functional groups attached to an aromatic ring is 1. The quantitative estimate of drug-likeness (QED) is 0.844. The van der Waals surface area contributed by atoms with Crippen molar-refractivity contribution in [2.75, 3.05) is 5.73 Å². The third-order valence-electron chi connectivity index (χ3n) is 2.63. The van der Waals surface area contributed by atoms with Crippen LogP contribution in [0.2, 0.25) is 0 Å². The molecule has 0 amide bonds. The highest BCUT2D eigenvalue weighted by Crippen LogP contribution is 2.23. The van der Waals surface area contributed by atoms with Gasteiger partial charge in [-0.3, -0.25) is 0 Å². The van der Waals surface area contributed by atoms with Crippen LogP contribution in [-0.2, 0) is 6.61 Å². The van der Waals surface area contributed by atoms with Crippen LogP contribution in [0.25, 0.3) is 0 Å². The van der Waals surface area contributed by atoms with Gasteiger partial charge in [0.05, 0.1) is 0 Å². The van der Waals surface area contributed by atoms with Gasteiger partial charge in [0, 0.05) is 17.3 Å². The topological polar surface area (TPSA) is 72.6 Å². The molecular formula is C14H11F2NO3. The molecule has 0 aliphatic heterocycles. The van der Waals surface area contributed by atoms with Gasteiger partial charge in [0.1, 0.15) is 29.6 Å². The number of anilines is 1. The van der Waals surface area contributed by atoms with Gasteiger partial charge in [-0.1, -0.05) is 0 Å². The lowest BCUT2D eigenvalue weighted by Gasteiger charge is -2.10. The summed E-state index contributed by atoms with van der Waals surface area (Å²) in [6.07, 6.45) is 0. The Balaban J connectivity index is 2.24. The van der Waals surface area contributed by atoms with Gasteiger partial charge in [-0.15, -0.1) is 0 Å². The smallest absolute Gasteiger partial charge is 0.339 e. The molecule has 0 saturated heterocycles. The number of rotatable bonds is 4. The number of carbonyl (C=O) groups is 1. The molecule has 0 bridgehead atoms. The lowest BCUT2D eigenvalue weighted by molar-refractivity contribution is 0.0692. The SMILES string of the molecule is Nc1ccc(C(=O)O)c(OCc2cc(F)ccc2F)c1. The van der Waals surface area contributed by atoms with Gasteiger partial charge >= 0.3 is 5.97 Å². The fourth-order valence-corrected chi connectivity index (χ4v) is 1.64. The molecule has 6 heteroatoms. The van der Waals surface area contributed by atoms with Crippen molar-refractivity contribution in [2.45, 2.75) is 6.61 Å². The Morgan fingerprint density at radius 1 is 1.20 bits per heavy atom. The molecule has 0 saturated carbocycles. The van der Waals surface area contributed by atoms with E-state index in [2.05, 4.69) is 0 Å². The van der Waals surface area contributed by atoms with E-state index >= 15 is 0 Å². The molecule has 0 aliphatic rings. The Bertz CT molecular complexity index is 659. The van der Waals surface area contributed by atoms with E-state index in [-0.39, 0.29) is 23.5 Å². The highest BCUT2D eigenvalue weighted by Gasteiger charge is 2.13. The number of benzene rings is 2. The van der Waals surface area contributed by atoms with E-state index in [1.807, 2.05) is 0 Å². The molecule has 104 valence electrons. The van der Waals surface area contributed by atoms with E-state index in [0.29, 0.717) is 5.69 Å². The first-order valence-electron chi connectivity index (χ1n) is 5.67. The van der Waals surface area contributed by atoms with Crippen LogP contribution in [0.3, 0.4) is 0 Å². The van der Waals surface area contributed by atoms with Gasteiger partial charge in [-0.2, -0.15) is 0 Å². The van der Waals surface area contributed by atoms with E-state index in [1.165, 1.54) is 18.2 Å². The molecule has 0 atom stereocenters. The number of carboxylic acids is 1. The predicted molar refractivity (Wildman–Crippen MR) is 68.5 cm³/mol. The van der Waals surface area contributed by atoms with Crippen LogP contribution in [0.4, 0.5) is 14.5 Å². The van der Waals surface area contributed by atoms with Crippen molar-refractivity contribution < 1.29 is 23.4 Å². The molecule has 4 nitrogen and oxygen atoms in total. The lowest BCUT2D eigenvalue weighted by atomic mass is 10.2. The van der Waals surface area contributed by atoms with Crippen molar-refractivity contribution in [3.8, 4) is 5.75 Å². The van der Waals surface area contributed by atoms with Gasteiger partial charge in [0.25, 0.3) is 0 Å². The summed E-state index contributed by atoms with van der Waals surface area (Å²) in [5.74, 6) is -2.43. The minimum Gasteiger partial charge on any atom is -0.488 e. The fourth-order valence-electron chi connectivity index (χ4n) is 1.64. The van der Waals surface area contributed by atoms with E-state index < -0.39 is 17.6 Å². The molecule has 0 fully saturated rings. The van der Waals surface area contributed by atoms with E-state index in [1.54, 1.807) is 0 Å². The zero-order valence-electron chi connectivity index (χ0n) is 10.3. The second-order valence-corrected chi connectivity index (χ2v) is 4.09. The van der Waals surface area contributed by atoms with Gasteiger partial charge in [0.2, 0.25) is 0 Å². The van der Waals surface area contributed by atoms with E-state index in [0.717, 1.165) is 18.2 Å². The second-order valence-electron chi connectivity index (χ2n) is 4.09. The summed E-state index contributed by atoms with van der Waals surface area (Å²) in [6, 6.07) is 6.98. The van der Waals surface area contributed by atoms with Crippen LogP contribution in [0.1, 0.15) is 15.9 Å². The second kappa shape index (κ2) is 5.56. The largest absolute Gasteiger partial charge is 0.488 e. The average Bonchev–Trinajstić information content (AvgIpc) is 2.39. The number of aromatic carboxylic acids is 1. The molecule has 0 unspecified atom stereocenters. The van der Waals surface area contributed by atoms with Gasteiger partial charge in [-0.25, -0.2) is 13.6 Å². The fraction of sp³-hybridized carbons (Fsp3) is 0.0714. The van der Waals surface area contributed by atoms with Crippen LogP contribution in [0.15, 0.2) is 36.4 Å². The summed E-state index contributed by atoms with van der Waals surface area (Å²) in [7, 11) is 0. The van der Waals surface area contributed by atoms with Crippen molar-refractivity contribution in [3.63, 3.8) is 0 Å². The first-order chi connectivity index (χ1) is 9.47. The summed E-state index contributed by atoms with van der Waals surface area (Å²) >= 11 is 0. The summed E-state index contributed by atoms with van der Waals surface area (Å²) in [5, 5.41) is 9.00. The maximum atomic E-state index is 13.4. The number of carboxylic acid groups (broad SMARTS) is 1. The van der Waals surface area contributed by atoms with Gasteiger partial charge < -0.3 is 15.6 Å². The lowest BCUT2D eigenvalue weighted by Crippen LogP contribution is -2.05. The zero-order chi connectivity index (χ0) is 14.7. The molecule has 0 radical (unpaired) electrons. The predicted octanol–water partition coefficient (Wildman–Crippen LogP) is 2.82. The number of hydrogen-bond acceptors (Lipinski definition) is 3. The molecule has 3 N–H and O–H groups in total. The van der Waals surface area contributed by atoms with Crippen molar-refractivity contribution in [3.05, 3.63) is 59.2 Å². The number of nitrogens with two attached hydrogens (primary N) is 1. The summed E-state index contributed by atoms with van der Waals surface area (Å²) in [6.45, 7) is -0.298. The number of halogens is 2. The van der Waals surface area contributed by atoms with Crippen molar-refractivity contribution >= 4 is 11.7 Å². The first-order valence-corrected chi connectivity index (χ1v) is 5.67. The van der Waals surface area contributed by atoms with Gasteiger partial charge in [0.15, 0.2) is 0 Å². The minimum absolute atomic E-state index is 0.00108. The third kappa shape index (κ3) is 3.03. The molecule has 0 aromatic heterocycles. The zero-order valence-corrected chi connectivity index (χ0v) is 10.3. The Kier molecular flexibility index (Phi) is 3.84. The van der Waals surface area contributed by atoms with Crippen molar-refractivity contribution in [1.82, 2.24) is 0 Å². The standard InChI is InChI=1S/C14H11F2NO3/c15-9-1-4-12(16)8(5-9)7-20-13-6-10(17)2-3-11(13)14(18)19/h1-6H,7,17H2,(H,18,19). The Hall–Kier alpha value is -2.63. The molecule has 2 aromatic rings. The highest BCUT2D eigenvalue weighted by molar-refractivity contribution is 5.91. The van der Waals surface area contributed by atoms with Gasteiger partial charge in [-0.05, 0) is 30.3 Å². The van der Waals surface area contributed by atoms with Crippen LogP contribution >= 0.6 is 0 Å². The van der Waals surface area contributed by atoms with Crippen molar-refractivity contribution in [2.24, 2.45) is 0 Å². The average molecular weight is 279 g/mol. The summed E-state index contributed by atoms with van der Waals surface area (Å²) < 4.78 is 31.7. The number of hydrogen-bond donors (Lipinski definition) is 2. The first kappa shape index (κ1) is 13.8. The Morgan fingerprint density at radius 3 is 2.65 bits per heavy atom. The molecule has 0 spiro atoms. The van der Waals surface area contributed by atoms with Crippen LogP contribution in [0.5, 0.6) is 5.75 Å². The molecule has 0 heterocycles. The summed E-state index contributed by atoms with van der Waals surface area (Å²) in [5.41, 5.74) is 5.74. The Labute approximate surface area is 113 Å². The normalized spacial score (nSPS) is 10.3. The van der Waals surface area contributed by atoms with E-state index in [4.69, 9.17) is 15.6 Å². The maximum absolute atomic E-state index is 13.4. The third-order valence-corrected chi connectivity index (χ3v) is 2.63. The Morgan fingerprint density at radius 2 is 1.95 bits per heavy atom. The highest BCUT2D eigenvalue weighted by atomic mass is 19.1. The summed E-state index contributed by atoms with van der Waals surface area (Å²) in [4.78, 5) is 11.0. The maximum Gasteiger partial charge on any atom is 0.339 e. The monoisotopic (exact) mass is 279 g/mol. The molecule has 20 heavy (non-hydrogen) atoms. The molecular weight excluding hydrogens is 268 g/mol. The van der Waals surface area contributed by atoms with Crippen LogP contribution < -0.4 is 10.5 Å². The van der Waals surface area contributed by atoms with E-state index in [9.17, 15) is 13.6 Å². The van der Waals surface area contributed by atoms with Crippen LogP contribution in [0, 0.1) is 11.6 Å². The molecule has 2 aromatic carbocycles. The number of ether oxygens (including phenoxy) is 1. The minimum atomic E-state index is -1.19.